The summed E-state index contributed by atoms with van der Waals surface area (Å²) in [6.45, 7) is 5.00. The second kappa shape index (κ2) is 3.72. The molecular formula is C8H15N2O. The molecule has 3 heteroatoms. The first kappa shape index (κ1) is 8.53. The van der Waals surface area contributed by atoms with Crippen LogP contribution in [0.15, 0.2) is 0 Å². The lowest BCUT2D eigenvalue weighted by Crippen LogP contribution is -2.38. The number of hydrogen-bond acceptors (Lipinski definition) is 2. The van der Waals surface area contributed by atoms with Crippen LogP contribution in [-0.4, -0.2) is 30.4 Å². The van der Waals surface area contributed by atoms with Crippen molar-refractivity contribution in [3.05, 3.63) is 0 Å². The van der Waals surface area contributed by atoms with Crippen molar-refractivity contribution < 1.29 is 4.79 Å². The number of nitrogens with zero attached hydrogens (tertiary/aromatic N) is 1. The Bertz CT molecular complexity index is 147. The van der Waals surface area contributed by atoms with Gasteiger partial charge in [0.2, 0.25) is 5.91 Å². The number of nitrogens with one attached hydrogen (secondary N) is 1. The summed E-state index contributed by atoms with van der Waals surface area (Å²) in [4.78, 5) is 12.9. The van der Waals surface area contributed by atoms with Gasteiger partial charge in [-0.2, -0.15) is 0 Å². The van der Waals surface area contributed by atoms with Crippen LogP contribution in [0.2, 0.25) is 0 Å². The standard InChI is InChI=1S/C8H15N2O/c1-2-10-5-3-4-7(6-10)8(9)11/h7,9H,2-6H2,1H3. The molecule has 0 spiro atoms. The Kier molecular flexibility index (Phi) is 2.88. The van der Waals surface area contributed by atoms with Gasteiger partial charge in [0.25, 0.3) is 0 Å². The minimum absolute atomic E-state index is 0.0105. The van der Waals surface area contributed by atoms with Crippen LogP contribution in [0.4, 0.5) is 0 Å². The fourth-order valence-corrected chi connectivity index (χ4v) is 1.56. The third kappa shape index (κ3) is 2.19. The quantitative estimate of drug-likeness (QED) is 0.583. The van der Waals surface area contributed by atoms with Crippen molar-refractivity contribution in [2.45, 2.75) is 19.8 Å². The highest BCUT2D eigenvalue weighted by Gasteiger charge is 2.22. The van der Waals surface area contributed by atoms with Crippen LogP contribution in [-0.2, 0) is 4.79 Å². The molecule has 11 heavy (non-hydrogen) atoms. The van der Waals surface area contributed by atoms with Crippen LogP contribution in [0.3, 0.4) is 0 Å². The molecule has 0 aliphatic carbocycles. The Morgan fingerprint density at radius 2 is 2.45 bits per heavy atom. The number of carbonyl (C=O) groups is 1. The van der Waals surface area contributed by atoms with E-state index in [1.165, 1.54) is 0 Å². The molecule has 0 aromatic rings. The van der Waals surface area contributed by atoms with Crippen molar-refractivity contribution in [1.29, 1.82) is 0 Å². The van der Waals surface area contributed by atoms with Gasteiger partial charge in [-0.1, -0.05) is 6.92 Å². The number of carbonyl (C=O) groups excluding carboxylic acids is 1. The SMILES string of the molecule is CCN1CCCC(C([NH])=O)C1. The predicted molar refractivity (Wildman–Crippen MR) is 42.9 cm³/mol. The predicted octanol–water partition coefficient (Wildman–Crippen LogP) is 0.528. The van der Waals surface area contributed by atoms with E-state index >= 15 is 0 Å². The van der Waals surface area contributed by atoms with Crippen LogP contribution < -0.4 is 5.73 Å². The van der Waals surface area contributed by atoms with Gasteiger partial charge < -0.3 is 4.90 Å². The molecular weight excluding hydrogens is 140 g/mol. The van der Waals surface area contributed by atoms with Crippen molar-refractivity contribution in [2.75, 3.05) is 19.6 Å². The van der Waals surface area contributed by atoms with E-state index < -0.39 is 0 Å². The van der Waals surface area contributed by atoms with Gasteiger partial charge in [0.15, 0.2) is 0 Å². The molecule has 3 nitrogen and oxygen atoms in total. The normalized spacial score (nSPS) is 26.8. The Morgan fingerprint density at radius 1 is 1.73 bits per heavy atom. The average molecular weight is 155 g/mol. The molecule has 1 aliphatic rings. The Hall–Kier alpha value is -0.570. The van der Waals surface area contributed by atoms with Crippen molar-refractivity contribution in [3.63, 3.8) is 0 Å². The number of piperidine rings is 1. The van der Waals surface area contributed by atoms with Gasteiger partial charge >= 0.3 is 0 Å². The highest BCUT2D eigenvalue weighted by atomic mass is 16.1. The Morgan fingerprint density at radius 3 is 3.00 bits per heavy atom. The summed E-state index contributed by atoms with van der Waals surface area (Å²) in [7, 11) is 0. The fourth-order valence-electron chi connectivity index (χ4n) is 1.56. The molecule has 0 aromatic carbocycles. The number of amides is 1. The molecule has 63 valence electrons. The Balaban J connectivity index is 2.39. The van der Waals surface area contributed by atoms with E-state index in [4.69, 9.17) is 5.73 Å². The Labute approximate surface area is 67.5 Å². The van der Waals surface area contributed by atoms with E-state index in [9.17, 15) is 4.79 Å². The third-order valence-corrected chi connectivity index (χ3v) is 2.32. The van der Waals surface area contributed by atoms with Crippen LogP contribution >= 0.6 is 0 Å². The molecule has 0 bridgehead atoms. The molecule has 1 saturated heterocycles. The molecule has 1 heterocycles. The molecule has 1 fully saturated rings. The summed E-state index contributed by atoms with van der Waals surface area (Å²) in [5.74, 6) is -0.396. The molecule has 1 amide bonds. The summed E-state index contributed by atoms with van der Waals surface area (Å²) >= 11 is 0. The highest BCUT2D eigenvalue weighted by molar-refractivity contribution is 5.76. The van der Waals surface area contributed by atoms with Crippen molar-refractivity contribution in [2.24, 2.45) is 5.92 Å². The molecule has 1 aliphatic heterocycles. The van der Waals surface area contributed by atoms with Gasteiger partial charge in [0.05, 0.1) is 5.92 Å². The van der Waals surface area contributed by atoms with Crippen molar-refractivity contribution in [1.82, 2.24) is 10.6 Å². The van der Waals surface area contributed by atoms with Crippen LogP contribution in [0.1, 0.15) is 19.8 Å². The minimum atomic E-state index is -0.386. The lowest BCUT2D eigenvalue weighted by molar-refractivity contribution is -0.124. The van der Waals surface area contributed by atoms with Gasteiger partial charge in [-0.25, -0.2) is 0 Å². The second-order valence-electron chi connectivity index (χ2n) is 3.10. The maximum Gasteiger partial charge on any atom is 0.242 e. The summed E-state index contributed by atoms with van der Waals surface area (Å²) < 4.78 is 0. The molecule has 0 aromatic heterocycles. The topological polar surface area (TPSA) is 44.1 Å². The molecule has 1 N–H and O–H groups in total. The first-order valence-corrected chi connectivity index (χ1v) is 4.22. The zero-order valence-electron chi connectivity index (χ0n) is 6.97. The summed E-state index contributed by atoms with van der Waals surface area (Å²) in [6, 6.07) is 0. The largest absolute Gasteiger partial charge is 0.303 e. The first-order chi connectivity index (χ1) is 5.24. The lowest BCUT2D eigenvalue weighted by Gasteiger charge is -2.29. The monoisotopic (exact) mass is 155 g/mol. The molecule has 1 unspecified atom stereocenters. The van der Waals surface area contributed by atoms with Gasteiger partial charge in [0, 0.05) is 6.54 Å². The summed E-state index contributed by atoms with van der Waals surface area (Å²) in [6.07, 6.45) is 1.99. The number of likely N-dealkylation sites (tertiary alicyclic amines) is 1. The van der Waals surface area contributed by atoms with E-state index in [0.717, 1.165) is 32.5 Å². The molecule has 0 saturated carbocycles. The van der Waals surface area contributed by atoms with E-state index in [-0.39, 0.29) is 11.8 Å². The maximum absolute atomic E-state index is 10.7. The van der Waals surface area contributed by atoms with E-state index in [2.05, 4.69) is 11.8 Å². The zero-order chi connectivity index (χ0) is 8.27. The smallest absolute Gasteiger partial charge is 0.242 e. The van der Waals surface area contributed by atoms with Gasteiger partial charge in [-0.05, 0) is 25.9 Å². The lowest BCUT2D eigenvalue weighted by atomic mass is 9.98. The fraction of sp³-hybridized carbons (Fsp3) is 0.875. The van der Waals surface area contributed by atoms with Crippen molar-refractivity contribution >= 4 is 5.91 Å². The average Bonchev–Trinajstić information content (AvgIpc) is 2.05. The van der Waals surface area contributed by atoms with E-state index in [1.54, 1.807) is 0 Å². The molecule has 1 rings (SSSR count). The highest BCUT2D eigenvalue weighted by Crippen LogP contribution is 2.15. The second-order valence-corrected chi connectivity index (χ2v) is 3.10. The van der Waals surface area contributed by atoms with Gasteiger partial charge in [-0.15, -0.1) is 0 Å². The van der Waals surface area contributed by atoms with E-state index in [0.29, 0.717) is 0 Å². The van der Waals surface area contributed by atoms with Crippen LogP contribution in [0.25, 0.3) is 0 Å². The molecule has 1 atom stereocenters. The maximum atomic E-state index is 10.7. The van der Waals surface area contributed by atoms with Crippen LogP contribution in [0, 0.1) is 5.92 Å². The first-order valence-electron chi connectivity index (χ1n) is 4.22. The van der Waals surface area contributed by atoms with Crippen molar-refractivity contribution in [3.8, 4) is 0 Å². The zero-order valence-corrected chi connectivity index (χ0v) is 6.97. The summed E-state index contributed by atoms with van der Waals surface area (Å²) in [5, 5.41) is 0. The number of rotatable bonds is 2. The number of hydrogen-bond donors (Lipinski definition) is 0. The van der Waals surface area contributed by atoms with Gasteiger partial charge in [0.1, 0.15) is 0 Å². The third-order valence-electron chi connectivity index (χ3n) is 2.32. The minimum Gasteiger partial charge on any atom is -0.303 e. The van der Waals surface area contributed by atoms with Crippen LogP contribution in [0.5, 0.6) is 0 Å². The van der Waals surface area contributed by atoms with Gasteiger partial charge in [-0.3, -0.25) is 10.5 Å². The van der Waals surface area contributed by atoms with E-state index in [1.807, 2.05) is 0 Å². The summed E-state index contributed by atoms with van der Waals surface area (Å²) in [5.41, 5.74) is 6.97. The molecule has 1 radical (unpaired) electrons.